The van der Waals surface area contributed by atoms with E-state index in [1.165, 1.54) is 0 Å². The molecule has 2 amide bonds. The van der Waals surface area contributed by atoms with Gasteiger partial charge in [0.05, 0.1) is 24.0 Å². The Hall–Kier alpha value is -1.89. The molecule has 114 valence electrons. The Bertz CT molecular complexity index is 534. The molecule has 2 aliphatic heterocycles. The Morgan fingerprint density at radius 2 is 2.24 bits per heavy atom. The number of likely N-dealkylation sites (tertiary alicyclic amines) is 1. The van der Waals surface area contributed by atoms with Crippen LogP contribution < -0.4 is 5.32 Å². The van der Waals surface area contributed by atoms with Crippen LogP contribution >= 0.6 is 0 Å². The van der Waals surface area contributed by atoms with Gasteiger partial charge in [-0.15, -0.1) is 0 Å². The number of aryl methyl sites for hydroxylation is 1. The molecule has 7 heteroatoms. The number of aromatic nitrogens is 2. The van der Waals surface area contributed by atoms with Crippen molar-refractivity contribution < 1.29 is 14.3 Å². The summed E-state index contributed by atoms with van der Waals surface area (Å²) in [6.07, 6.45) is 3.47. The number of aromatic amines is 1. The van der Waals surface area contributed by atoms with Crippen molar-refractivity contribution in [2.45, 2.75) is 31.8 Å². The molecule has 0 radical (unpaired) electrons. The van der Waals surface area contributed by atoms with Crippen molar-refractivity contribution in [1.29, 1.82) is 0 Å². The molecule has 0 unspecified atom stereocenters. The van der Waals surface area contributed by atoms with E-state index >= 15 is 0 Å². The molecule has 0 atom stereocenters. The maximum Gasteiger partial charge on any atom is 0.246 e. The van der Waals surface area contributed by atoms with E-state index in [-0.39, 0.29) is 24.0 Å². The first-order valence-electron chi connectivity index (χ1n) is 7.25. The van der Waals surface area contributed by atoms with E-state index in [0.717, 1.165) is 24.2 Å². The van der Waals surface area contributed by atoms with Gasteiger partial charge in [-0.2, -0.15) is 0 Å². The first-order valence-corrected chi connectivity index (χ1v) is 7.25. The number of morpholine rings is 1. The van der Waals surface area contributed by atoms with E-state index in [2.05, 4.69) is 15.3 Å². The van der Waals surface area contributed by atoms with Gasteiger partial charge in [0.1, 0.15) is 6.61 Å². The summed E-state index contributed by atoms with van der Waals surface area (Å²) in [4.78, 5) is 32.5. The molecule has 3 heterocycles. The number of piperidine rings is 1. The Balaban J connectivity index is 1.55. The fourth-order valence-electron chi connectivity index (χ4n) is 2.89. The van der Waals surface area contributed by atoms with E-state index in [4.69, 9.17) is 4.74 Å². The van der Waals surface area contributed by atoms with Crippen LogP contribution in [-0.4, -0.2) is 58.5 Å². The first-order chi connectivity index (χ1) is 10.1. The number of imidazole rings is 1. The molecular weight excluding hydrogens is 272 g/mol. The summed E-state index contributed by atoms with van der Waals surface area (Å²) < 4.78 is 5.70. The lowest BCUT2D eigenvalue weighted by Gasteiger charge is -2.43. The second kappa shape index (κ2) is 5.48. The van der Waals surface area contributed by atoms with Gasteiger partial charge in [-0.05, 0) is 19.8 Å². The normalized spacial score (nSPS) is 21.4. The quantitative estimate of drug-likeness (QED) is 0.788. The second-order valence-corrected chi connectivity index (χ2v) is 5.78. The summed E-state index contributed by atoms with van der Waals surface area (Å²) >= 11 is 0. The standard InChI is InChI=1S/C14H20N4O3/c1-10-11(17-9-16-10)6-13(20)18-4-2-14(3-5-18)8-15-12(19)7-21-14/h9H,2-8H2,1H3,(H,15,19)(H,16,17). The number of H-pyrrole nitrogens is 1. The zero-order valence-electron chi connectivity index (χ0n) is 12.1. The average Bonchev–Trinajstić information content (AvgIpc) is 2.88. The minimum Gasteiger partial charge on any atom is -0.363 e. The van der Waals surface area contributed by atoms with Crippen molar-refractivity contribution in [3.8, 4) is 0 Å². The van der Waals surface area contributed by atoms with Crippen molar-refractivity contribution in [1.82, 2.24) is 20.2 Å². The summed E-state index contributed by atoms with van der Waals surface area (Å²) in [5.74, 6) is 0.0352. The fraction of sp³-hybridized carbons (Fsp3) is 0.643. The molecule has 2 saturated heterocycles. The highest BCUT2D eigenvalue weighted by molar-refractivity contribution is 5.79. The van der Waals surface area contributed by atoms with Crippen LogP contribution in [0, 0.1) is 6.92 Å². The molecule has 7 nitrogen and oxygen atoms in total. The third-order valence-electron chi connectivity index (χ3n) is 4.40. The first kappa shape index (κ1) is 14.1. The Labute approximate surface area is 123 Å². The fourth-order valence-corrected chi connectivity index (χ4v) is 2.89. The number of carbonyl (C=O) groups excluding carboxylic acids is 2. The van der Waals surface area contributed by atoms with E-state index in [9.17, 15) is 9.59 Å². The highest BCUT2D eigenvalue weighted by atomic mass is 16.5. The summed E-state index contributed by atoms with van der Waals surface area (Å²) in [5.41, 5.74) is 1.46. The van der Waals surface area contributed by atoms with Crippen LogP contribution in [0.1, 0.15) is 24.2 Å². The van der Waals surface area contributed by atoms with Gasteiger partial charge in [0.2, 0.25) is 11.8 Å². The minimum atomic E-state index is -0.285. The number of nitrogens with zero attached hydrogens (tertiary/aromatic N) is 2. The highest BCUT2D eigenvalue weighted by Crippen LogP contribution is 2.27. The predicted molar refractivity (Wildman–Crippen MR) is 74.5 cm³/mol. The van der Waals surface area contributed by atoms with Crippen LogP contribution in [0.25, 0.3) is 0 Å². The number of ether oxygens (including phenoxy) is 1. The van der Waals surface area contributed by atoms with Crippen molar-refractivity contribution in [2.24, 2.45) is 0 Å². The molecular formula is C14H20N4O3. The van der Waals surface area contributed by atoms with Gasteiger partial charge < -0.3 is 19.9 Å². The number of amides is 2. The summed E-state index contributed by atoms with van der Waals surface area (Å²) in [7, 11) is 0. The van der Waals surface area contributed by atoms with E-state index < -0.39 is 0 Å². The zero-order chi connectivity index (χ0) is 14.9. The van der Waals surface area contributed by atoms with E-state index in [1.54, 1.807) is 6.33 Å². The molecule has 21 heavy (non-hydrogen) atoms. The van der Waals surface area contributed by atoms with Gasteiger partial charge in [-0.1, -0.05) is 0 Å². The van der Waals surface area contributed by atoms with E-state index in [1.807, 2.05) is 11.8 Å². The van der Waals surface area contributed by atoms with Crippen LogP contribution in [0.2, 0.25) is 0 Å². The largest absolute Gasteiger partial charge is 0.363 e. The second-order valence-electron chi connectivity index (χ2n) is 5.78. The van der Waals surface area contributed by atoms with Crippen LogP contribution in [0.5, 0.6) is 0 Å². The molecule has 1 spiro atoms. The van der Waals surface area contributed by atoms with Crippen LogP contribution in [0.15, 0.2) is 6.33 Å². The SMILES string of the molecule is Cc1[nH]cnc1CC(=O)N1CCC2(CC1)CNC(=O)CO2. The van der Waals surface area contributed by atoms with Crippen LogP contribution in [0.3, 0.4) is 0 Å². The molecule has 2 fully saturated rings. The van der Waals surface area contributed by atoms with Gasteiger partial charge in [0.25, 0.3) is 0 Å². The van der Waals surface area contributed by atoms with Crippen LogP contribution in [-0.2, 0) is 20.7 Å². The van der Waals surface area contributed by atoms with Gasteiger partial charge >= 0.3 is 0 Å². The molecule has 1 aromatic rings. The van der Waals surface area contributed by atoms with Crippen molar-refractivity contribution in [2.75, 3.05) is 26.2 Å². The lowest BCUT2D eigenvalue weighted by Crippen LogP contribution is -2.58. The van der Waals surface area contributed by atoms with Gasteiger partial charge in [0.15, 0.2) is 0 Å². The molecule has 0 aliphatic carbocycles. The molecule has 2 N–H and O–H groups in total. The van der Waals surface area contributed by atoms with Crippen molar-refractivity contribution in [3.05, 3.63) is 17.7 Å². The van der Waals surface area contributed by atoms with Gasteiger partial charge in [0, 0.05) is 25.3 Å². The third-order valence-corrected chi connectivity index (χ3v) is 4.40. The molecule has 1 aromatic heterocycles. The molecule has 2 aliphatic rings. The maximum atomic E-state index is 12.3. The van der Waals surface area contributed by atoms with E-state index in [0.29, 0.717) is 26.1 Å². The zero-order valence-corrected chi connectivity index (χ0v) is 12.1. The smallest absolute Gasteiger partial charge is 0.246 e. The van der Waals surface area contributed by atoms with Crippen molar-refractivity contribution in [3.63, 3.8) is 0 Å². The molecule has 0 aromatic carbocycles. The minimum absolute atomic E-state index is 0.0619. The summed E-state index contributed by atoms with van der Waals surface area (Å²) in [6.45, 7) is 3.92. The van der Waals surface area contributed by atoms with Gasteiger partial charge in [-0.25, -0.2) is 4.98 Å². The lowest BCUT2D eigenvalue weighted by molar-refractivity contribution is -0.154. The molecule has 0 saturated carbocycles. The summed E-state index contributed by atoms with van der Waals surface area (Å²) in [5, 5.41) is 2.85. The number of hydrogen-bond donors (Lipinski definition) is 2. The average molecular weight is 292 g/mol. The summed E-state index contributed by atoms with van der Waals surface area (Å²) in [6, 6.07) is 0. The maximum absolute atomic E-state index is 12.3. The Morgan fingerprint density at radius 1 is 1.48 bits per heavy atom. The lowest BCUT2D eigenvalue weighted by atomic mass is 9.90. The number of nitrogens with one attached hydrogen (secondary N) is 2. The molecule has 3 rings (SSSR count). The highest BCUT2D eigenvalue weighted by Gasteiger charge is 2.39. The van der Waals surface area contributed by atoms with Gasteiger partial charge in [-0.3, -0.25) is 9.59 Å². The predicted octanol–water partition coefficient (Wildman–Crippen LogP) is -0.232. The topological polar surface area (TPSA) is 87.3 Å². The monoisotopic (exact) mass is 292 g/mol. The number of rotatable bonds is 2. The number of hydrogen-bond acceptors (Lipinski definition) is 4. The van der Waals surface area contributed by atoms with Crippen LogP contribution in [0.4, 0.5) is 0 Å². The Kier molecular flexibility index (Phi) is 3.67. The Morgan fingerprint density at radius 3 is 2.81 bits per heavy atom. The number of carbonyl (C=O) groups is 2. The van der Waals surface area contributed by atoms with Crippen molar-refractivity contribution >= 4 is 11.8 Å². The molecule has 0 bridgehead atoms. The third kappa shape index (κ3) is 2.92.